The molecule has 62 valence electrons. The zero-order valence-electron chi connectivity index (χ0n) is 6.69. The van der Waals surface area contributed by atoms with E-state index in [4.69, 9.17) is 4.52 Å². The fraction of sp³-hybridized carbons (Fsp3) is 0.250. The van der Waals surface area contributed by atoms with E-state index in [1.807, 2.05) is 13.0 Å². The van der Waals surface area contributed by atoms with Crippen molar-refractivity contribution in [2.45, 2.75) is 12.8 Å². The zero-order valence-corrected chi connectivity index (χ0v) is 6.69. The third-order valence-corrected chi connectivity index (χ3v) is 1.87. The summed E-state index contributed by atoms with van der Waals surface area (Å²) in [5.41, 5.74) is 1.03. The van der Waals surface area contributed by atoms with Gasteiger partial charge in [-0.05, 0) is 6.92 Å². The highest BCUT2D eigenvalue weighted by Gasteiger charge is 2.12. The quantitative estimate of drug-likeness (QED) is 0.730. The summed E-state index contributed by atoms with van der Waals surface area (Å²) in [6.07, 6.45) is 5.08. The van der Waals surface area contributed by atoms with Crippen LogP contribution in [0.3, 0.4) is 0 Å². The van der Waals surface area contributed by atoms with Crippen LogP contribution >= 0.6 is 0 Å². The summed E-state index contributed by atoms with van der Waals surface area (Å²) in [5.74, 6) is 1.04. The van der Waals surface area contributed by atoms with Gasteiger partial charge in [0.25, 0.3) is 0 Å². The molecule has 0 spiro atoms. The van der Waals surface area contributed by atoms with Gasteiger partial charge < -0.3 is 9.51 Å². The Hall–Kier alpha value is -1.58. The first kappa shape index (κ1) is 7.09. The van der Waals surface area contributed by atoms with Crippen molar-refractivity contribution in [3.8, 4) is 0 Å². The minimum atomic E-state index is 0.190. The fourth-order valence-electron chi connectivity index (χ4n) is 1.11. The van der Waals surface area contributed by atoms with Crippen LogP contribution in [-0.4, -0.2) is 15.1 Å². The van der Waals surface area contributed by atoms with Gasteiger partial charge in [-0.25, -0.2) is 4.98 Å². The van der Waals surface area contributed by atoms with E-state index in [1.54, 1.807) is 18.7 Å². The van der Waals surface area contributed by atoms with Crippen LogP contribution in [0.2, 0.25) is 0 Å². The van der Waals surface area contributed by atoms with E-state index < -0.39 is 0 Å². The number of rotatable bonds is 2. The number of hydrogen-bond acceptors (Lipinski definition) is 3. The standard InChI is InChI=1S/C8H9N3O/c1-6(7-4-9-5-10-7)8-2-3-11-12-8/h2-6H,1H3,(H,9,10). The van der Waals surface area contributed by atoms with E-state index in [0.717, 1.165) is 11.5 Å². The molecule has 0 fully saturated rings. The molecular formula is C8H9N3O. The molecule has 2 rings (SSSR count). The Morgan fingerprint density at radius 2 is 2.50 bits per heavy atom. The summed E-state index contributed by atoms with van der Waals surface area (Å²) in [6.45, 7) is 2.04. The zero-order chi connectivity index (χ0) is 8.39. The van der Waals surface area contributed by atoms with Gasteiger partial charge in [0.05, 0.1) is 18.4 Å². The van der Waals surface area contributed by atoms with E-state index >= 15 is 0 Å². The molecule has 2 aromatic rings. The minimum absolute atomic E-state index is 0.190. The molecule has 1 N–H and O–H groups in total. The maximum Gasteiger partial charge on any atom is 0.145 e. The Balaban J connectivity index is 2.27. The van der Waals surface area contributed by atoms with Crippen molar-refractivity contribution < 1.29 is 4.52 Å². The average Bonchev–Trinajstić information content (AvgIpc) is 2.77. The van der Waals surface area contributed by atoms with E-state index in [9.17, 15) is 0 Å². The summed E-state index contributed by atoms with van der Waals surface area (Å²) in [7, 11) is 0. The predicted octanol–water partition coefficient (Wildman–Crippen LogP) is 1.55. The van der Waals surface area contributed by atoms with E-state index in [-0.39, 0.29) is 5.92 Å². The molecule has 0 amide bonds. The van der Waals surface area contributed by atoms with Crippen molar-refractivity contribution >= 4 is 0 Å². The molecule has 0 saturated carbocycles. The van der Waals surface area contributed by atoms with Crippen molar-refractivity contribution in [1.82, 2.24) is 15.1 Å². The second kappa shape index (κ2) is 2.81. The van der Waals surface area contributed by atoms with Gasteiger partial charge in [0.1, 0.15) is 5.76 Å². The molecule has 1 unspecified atom stereocenters. The largest absolute Gasteiger partial charge is 0.361 e. The number of aromatic nitrogens is 3. The number of nitrogens with one attached hydrogen (secondary N) is 1. The third-order valence-electron chi connectivity index (χ3n) is 1.87. The summed E-state index contributed by atoms with van der Waals surface area (Å²) in [5, 5.41) is 3.64. The van der Waals surface area contributed by atoms with Crippen molar-refractivity contribution in [3.05, 3.63) is 36.2 Å². The van der Waals surface area contributed by atoms with Crippen LogP contribution < -0.4 is 0 Å². The lowest BCUT2D eigenvalue weighted by Crippen LogP contribution is -1.93. The Bertz CT molecular complexity index is 291. The molecule has 0 aliphatic rings. The van der Waals surface area contributed by atoms with E-state index in [0.29, 0.717) is 0 Å². The van der Waals surface area contributed by atoms with Crippen molar-refractivity contribution in [1.29, 1.82) is 0 Å². The molecule has 0 radical (unpaired) electrons. The molecule has 0 aromatic carbocycles. The number of imidazole rings is 1. The fourth-order valence-corrected chi connectivity index (χ4v) is 1.11. The number of H-pyrrole nitrogens is 1. The molecule has 4 heteroatoms. The molecule has 0 saturated heterocycles. The van der Waals surface area contributed by atoms with Gasteiger partial charge in [-0.2, -0.15) is 0 Å². The second-order valence-corrected chi connectivity index (χ2v) is 2.64. The lowest BCUT2D eigenvalue weighted by molar-refractivity contribution is 0.374. The summed E-state index contributed by atoms with van der Waals surface area (Å²) in [6, 6.07) is 1.85. The minimum Gasteiger partial charge on any atom is -0.361 e. The summed E-state index contributed by atoms with van der Waals surface area (Å²) < 4.78 is 5.02. The third kappa shape index (κ3) is 1.11. The van der Waals surface area contributed by atoms with Gasteiger partial charge in [-0.3, -0.25) is 0 Å². The van der Waals surface area contributed by atoms with Gasteiger partial charge >= 0.3 is 0 Å². The lowest BCUT2D eigenvalue weighted by atomic mass is 10.1. The predicted molar refractivity (Wildman–Crippen MR) is 42.6 cm³/mol. The van der Waals surface area contributed by atoms with Crippen LogP contribution in [0.4, 0.5) is 0 Å². The first-order valence-electron chi connectivity index (χ1n) is 3.77. The van der Waals surface area contributed by atoms with E-state index in [1.165, 1.54) is 0 Å². The maximum atomic E-state index is 5.02. The topological polar surface area (TPSA) is 54.7 Å². The molecule has 0 bridgehead atoms. The number of aromatic amines is 1. The second-order valence-electron chi connectivity index (χ2n) is 2.64. The van der Waals surface area contributed by atoms with Crippen LogP contribution in [0.25, 0.3) is 0 Å². The summed E-state index contributed by atoms with van der Waals surface area (Å²) >= 11 is 0. The van der Waals surface area contributed by atoms with Crippen molar-refractivity contribution in [2.24, 2.45) is 0 Å². The number of hydrogen-bond donors (Lipinski definition) is 1. The Kier molecular flexibility index (Phi) is 1.66. The first-order chi connectivity index (χ1) is 5.88. The highest BCUT2D eigenvalue weighted by atomic mass is 16.5. The van der Waals surface area contributed by atoms with Crippen molar-refractivity contribution in [2.75, 3.05) is 0 Å². The molecule has 2 aromatic heterocycles. The Labute approximate surface area is 69.6 Å². The van der Waals surface area contributed by atoms with Gasteiger partial charge in [0.2, 0.25) is 0 Å². The van der Waals surface area contributed by atoms with Crippen LogP contribution in [0.5, 0.6) is 0 Å². The van der Waals surface area contributed by atoms with Crippen LogP contribution in [0.15, 0.2) is 29.3 Å². The molecule has 2 heterocycles. The first-order valence-corrected chi connectivity index (χ1v) is 3.77. The maximum absolute atomic E-state index is 5.02. The van der Waals surface area contributed by atoms with Gasteiger partial charge in [-0.1, -0.05) is 5.16 Å². The van der Waals surface area contributed by atoms with Gasteiger partial charge in [0.15, 0.2) is 0 Å². The van der Waals surface area contributed by atoms with Crippen LogP contribution in [0, 0.1) is 0 Å². The Morgan fingerprint density at radius 1 is 1.58 bits per heavy atom. The van der Waals surface area contributed by atoms with Gasteiger partial charge in [-0.15, -0.1) is 0 Å². The molecule has 0 aliphatic carbocycles. The van der Waals surface area contributed by atoms with Gasteiger partial charge in [0, 0.05) is 18.0 Å². The smallest absolute Gasteiger partial charge is 0.145 e. The SMILES string of the molecule is CC(c1cnc[nH]1)c1ccno1. The van der Waals surface area contributed by atoms with E-state index in [2.05, 4.69) is 15.1 Å². The Morgan fingerprint density at radius 3 is 3.08 bits per heavy atom. The highest BCUT2D eigenvalue weighted by molar-refractivity contribution is 5.15. The molecule has 0 aliphatic heterocycles. The van der Waals surface area contributed by atoms with Crippen LogP contribution in [0.1, 0.15) is 24.3 Å². The average molecular weight is 163 g/mol. The normalized spacial score (nSPS) is 13.1. The lowest BCUT2D eigenvalue weighted by Gasteiger charge is -2.02. The molecule has 4 nitrogen and oxygen atoms in total. The molecule has 1 atom stereocenters. The van der Waals surface area contributed by atoms with Crippen molar-refractivity contribution in [3.63, 3.8) is 0 Å². The molecule has 12 heavy (non-hydrogen) atoms. The summed E-state index contributed by atoms with van der Waals surface area (Å²) in [4.78, 5) is 6.96. The molecular weight excluding hydrogens is 154 g/mol. The number of nitrogens with zero attached hydrogens (tertiary/aromatic N) is 2. The van der Waals surface area contributed by atoms with Crippen LogP contribution in [-0.2, 0) is 0 Å². The highest BCUT2D eigenvalue weighted by Crippen LogP contribution is 2.20. The monoisotopic (exact) mass is 163 g/mol.